The molecule has 0 aliphatic heterocycles. The van der Waals surface area contributed by atoms with Crippen LogP contribution in [0.15, 0.2) is 95.9 Å². The Labute approximate surface area is 201 Å². The van der Waals surface area contributed by atoms with E-state index in [0.29, 0.717) is 16.9 Å². The number of anilines is 2. The van der Waals surface area contributed by atoms with Crippen LogP contribution in [0.1, 0.15) is 27.6 Å². The maximum atomic E-state index is 12.7. The molecule has 1 unspecified atom stereocenters. The summed E-state index contributed by atoms with van der Waals surface area (Å²) in [7, 11) is 0. The number of carbonyl (C=O) groups excluding carboxylic acids is 2. The summed E-state index contributed by atoms with van der Waals surface area (Å²) in [4.78, 5) is 37.1. The Kier molecular flexibility index (Phi) is 6.94. The van der Waals surface area contributed by atoms with Gasteiger partial charge >= 0.3 is 5.97 Å². The molecule has 0 aliphatic carbocycles. The average molecular weight is 471 g/mol. The number of carboxylic acid groups (broad SMARTS) is 1. The van der Waals surface area contributed by atoms with Crippen LogP contribution in [0.5, 0.6) is 0 Å². The first-order valence-electron chi connectivity index (χ1n) is 10.6. The molecule has 0 saturated carbocycles. The van der Waals surface area contributed by atoms with Crippen molar-refractivity contribution in [1.82, 2.24) is 0 Å². The zero-order valence-electron chi connectivity index (χ0n) is 18.3. The molecule has 4 rings (SSSR count). The predicted octanol–water partition coefficient (Wildman–Crippen LogP) is 5.91. The molecule has 0 aliphatic rings. The van der Waals surface area contributed by atoms with Gasteiger partial charge in [0.1, 0.15) is 0 Å². The second-order valence-corrected chi connectivity index (χ2v) is 9.09. The van der Waals surface area contributed by atoms with Gasteiger partial charge in [-0.15, -0.1) is 11.8 Å². The van der Waals surface area contributed by atoms with Gasteiger partial charge in [-0.3, -0.25) is 9.59 Å². The molecule has 0 radical (unpaired) electrons. The third kappa shape index (κ3) is 5.63. The summed E-state index contributed by atoms with van der Waals surface area (Å²) in [6.07, 6.45) is 0. The zero-order valence-corrected chi connectivity index (χ0v) is 19.1. The van der Waals surface area contributed by atoms with Crippen LogP contribution >= 0.6 is 11.8 Å². The second kappa shape index (κ2) is 10.2. The summed E-state index contributed by atoms with van der Waals surface area (Å²) in [5.41, 5.74) is 1.89. The Hall–Kier alpha value is -4.10. The van der Waals surface area contributed by atoms with Crippen molar-refractivity contribution in [3.05, 3.63) is 102 Å². The van der Waals surface area contributed by atoms with Gasteiger partial charge in [0.25, 0.3) is 5.91 Å². The molecular formula is C27H22N2O4S. The Morgan fingerprint density at radius 3 is 2.18 bits per heavy atom. The smallest absolute Gasteiger partial charge is 0.335 e. The summed E-state index contributed by atoms with van der Waals surface area (Å²) in [5.74, 6) is -1.43. The molecule has 1 atom stereocenters. The van der Waals surface area contributed by atoms with Crippen LogP contribution < -0.4 is 10.6 Å². The first kappa shape index (κ1) is 23.1. The van der Waals surface area contributed by atoms with E-state index in [9.17, 15) is 14.4 Å². The minimum absolute atomic E-state index is 0.156. The molecule has 0 saturated heterocycles. The molecule has 6 nitrogen and oxygen atoms in total. The van der Waals surface area contributed by atoms with Gasteiger partial charge in [0.2, 0.25) is 5.91 Å². The van der Waals surface area contributed by atoms with E-state index >= 15 is 0 Å². The Bertz CT molecular complexity index is 1370. The number of amides is 2. The fourth-order valence-electron chi connectivity index (χ4n) is 3.38. The molecule has 0 aromatic heterocycles. The summed E-state index contributed by atoms with van der Waals surface area (Å²) < 4.78 is 0. The average Bonchev–Trinajstić information content (AvgIpc) is 2.84. The number of carboxylic acids is 1. The van der Waals surface area contributed by atoms with E-state index in [1.807, 2.05) is 54.6 Å². The molecule has 0 bridgehead atoms. The van der Waals surface area contributed by atoms with Gasteiger partial charge in [0.15, 0.2) is 0 Å². The van der Waals surface area contributed by atoms with Crippen molar-refractivity contribution in [2.75, 3.05) is 10.6 Å². The molecule has 0 heterocycles. The third-order valence-corrected chi connectivity index (χ3v) is 6.28. The first-order chi connectivity index (χ1) is 16.4. The van der Waals surface area contributed by atoms with Gasteiger partial charge in [-0.1, -0.05) is 36.4 Å². The molecule has 4 aromatic carbocycles. The molecule has 0 spiro atoms. The number of aromatic carboxylic acids is 1. The maximum absolute atomic E-state index is 12.7. The minimum Gasteiger partial charge on any atom is -0.478 e. The number of thioether (sulfide) groups is 1. The Morgan fingerprint density at radius 2 is 1.44 bits per heavy atom. The molecule has 34 heavy (non-hydrogen) atoms. The number of nitrogens with one attached hydrogen (secondary N) is 2. The largest absolute Gasteiger partial charge is 0.478 e. The molecule has 3 N–H and O–H groups in total. The highest BCUT2D eigenvalue weighted by Crippen LogP contribution is 2.27. The van der Waals surface area contributed by atoms with Crippen LogP contribution in [0.3, 0.4) is 0 Å². The number of fused-ring (bicyclic) bond motifs is 1. The summed E-state index contributed by atoms with van der Waals surface area (Å²) in [5, 5.41) is 16.3. The number of hydrogen-bond acceptors (Lipinski definition) is 4. The van der Waals surface area contributed by atoms with Gasteiger partial charge in [-0.25, -0.2) is 4.79 Å². The SMILES string of the molecule is CC(Sc1cccc(NC(=O)c2ccc3ccccc3c2)c1)C(=O)Nc1ccc(C(=O)O)cc1. The van der Waals surface area contributed by atoms with Gasteiger partial charge in [0, 0.05) is 21.8 Å². The van der Waals surface area contributed by atoms with Crippen LogP contribution in [0.2, 0.25) is 0 Å². The van der Waals surface area contributed by atoms with E-state index in [4.69, 9.17) is 5.11 Å². The lowest BCUT2D eigenvalue weighted by atomic mass is 10.1. The van der Waals surface area contributed by atoms with Crippen molar-refractivity contribution in [3.63, 3.8) is 0 Å². The summed E-state index contributed by atoms with van der Waals surface area (Å²) in [6.45, 7) is 1.78. The monoisotopic (exact) mass is 470 g/mol. The fourth-order valence-corrected chi connectivity index (χ4v) is 4.31. The molecule has 170 valence electrons. The van der Waals surface area contributed by atoms with Crippen molar-refractivity contribution in [1.29, 1.82) is 0 Å². The molecule has 0 fully saturated rings. The number of carbonyl (C=O) groups is 3. The maximum Gasteiger partial charge on any atom is 0.335 e. The molecule has 4 aromatic rings. The Balaban J connectivity index is 1.38. The van der Waals surface area contributed by atoms with E-state index in [0.717, 1.165) is 15.7 Å². The van der Waals surface area contributed by atoms with Crippen LogP contribution in [0.4, 0.5) is 11.4 Å². The zero-order chi connectivity index (χ0) is 24.1. The van der Waals surface area contributed by atoms with Gasteiger partial charge in [0.05, 0.1) is 10.8 Å². The van der Waals surface area contributed by atoms with E-state index in [1.54, 1.807) is 31.2 Å². The number of benzene rings is 4. The van der Waals surface area contributed by atoms with Crippen LogP contribution in [-0.4, -0.2) is 28.1 Å². The topological polar surface area (TPSA) is 95.5 Å². The van der Waals surface area contributed by atoms with Crippen molar-refractivity contribution in [2.45, 2.75) is 17.1 Å². The highest BCUT2D eigenvalue weighted by Gasteiger charge is 2.16. The standard InChI is InChI=1S/C27H22N2O4S/c1-17(25(30)28-22-13-11-19(12-14-22)27(32)33)34-24-8-4-7-23(16-24)29-26(31)21-10-9-18-5-2-3-6-20(18)15-21/h2-17H,1H3,(H,28,30)(H,29,31)(H,32,33). The van der Waals surface area contributed by atoms with E-state index in [-0.39, 0.29) is 17.4 Å². The van der Waals surface area contributed by atoms with Gasteiger partial charge < -0.3 is 15.7 Å². The summed E-state index contributed by atoms with van der Waals surface area (Å²) in [6, 6.07) is 26.8. The van der Waals surface area contributed by atoms with Gasteiger partial charge in [-0.05, 0) is 72.3 Å². The lowest BCUT2D eigenvalue weighted by molar-refractivity contribution is -0.115. The molecule has 2 amide bonds. The van der Waals surface area contributed by atoms with Crippen molar-refractivity contribution < 1.29 is 19.5 Å². The van der Waals surface area contributed by atoms with Crippen molar-refractivity contribution >= 4 is 51.7 Å². The minimum atomic E-state index is -1.02. The summed E-state index contributed by atoms with van der Waals surface area (Å²) >= 11 is 1.36. The predicted molar refractivity (Wildman–Crippen MR) is 136 cm³/mol. The van der Waals surface area contributed by atoms with Gasteiger partial charge in [-0.2, -0.15) is 0 Å². The normalized spacial score (nSPS) is 11.6. The van der Waals surface area contributed by atoms with E-state index in [1.165, 1.54) is 23.9 Å². The fraction of sp³-hybridized carbons (Fsp3) is 0.0741. The van der Waals surface area contributed by atoms with E-state index < -0.39 is 11.2 Å². The molecular weight excluding hydrogens is 448 g/mol. The third-order valence-electron chi connectivity index (χ3n) is 5.19. The molecule has 7 heteroatoms. The quantitative estimate of drug-likeness (QED) is 0.292. The van der Waals surface area contributed by atoms with Crippen LogP contribution in [0, 0.1) is 0 Å². The van der Waals surface area contributed by atoms with Crippen LogP contribution in [-0.2, 0) is 4.79 Å². The highest BCUT2D eigenvalue weighted by molar-refractivity contribution is 8.00. The highest BCUT2D eigenvalue weighted by atomic mass is 32.2. The number of rotatable bonds is 7. The lowest BCUT2D eigenvalue weighted by Gasteiger charge is -2.13. The van der Waals surface area contributed by atoms with Crippen LogP contribution in [0.25, 0.3) is 10.8 Å². The number of hydrogen-bond donors (Lipinski definition) is 3. The Morgan fingerprint density at radius 1 is 0.735 bits per heavy atom. The lowest BCUT2D eigenvalue weighted by Crippen LogP contribution is -2.22. The van der Waals surface area contributed by atoms with Crippen molar-refractivity contribution in [3.8, 4) is 0 Å². The second-order valence-electron chi connectivity index (χ2n) is 7.68. The van der Waals surface area contributed by atoms with E-state index in [2.05, 4.69) is 10.6 Å². The van der Waals surface area contributed by atoms with Crippen molar-refractivity contribution in [2.24, 2.45) is 0 Å². The first-order valence-corrected chi connectivity index (χ1v) is 11.5.